The highest BCUT2D eigenvalue weighted by Gasteiger charge is 2.22. The summed E-state index contributed by atoms with van der Waals surface area (Å²) in [5.41, 5.74) is 8.68. The molecule has 1 aromatic heterocycles. The largest absolute Gasteiger partial charge is 0.496 e. The molecule has 1 aliphatic carbocycles. The Hall–Kier alpha value is -4.14. The van der Waals surface area contributed by atoms with Crippen LogP contribution in [-0.2, 0) is 6.54 Å². The lowest BCUT2D eigenvalue weighted by atomic mass is 10.0. The molecule has 1 amide bonds. The average Bonchev–Trinajstić information content (AvgIpc) is 3.40. The van der Waals surface area contributed by atoms with Gasteiger partial charge in [0, 0.05) is 23.7 Å². The number of methoxy groups -OCH3 is 2. The van der Waals surface area contributed by atoms with Gasteiger partial charge in [0.15, 0.2) is 0 Å². The van der Waals surface area contributed by atoms with E-state index in [2.05, 4.69) is 20.6 Å². The number of benzene rings is 2. The molecule has 0 radical (unpaired) electrons. The molecular weight excluding hydrogens is 444 g/mol. The van der Waals surface area contributed by atoms with Crippen molar-refractivity contribution >= 4 is 23.3 Å². The molecule has 0 atom stereocenters. The highest BCUT2D eigenvalue weighted by molar-refractivity contribution is 6.16. The lowest BCUT2D eigenvalue weighted by Gasteiger charge is -2.18. The summed E-state index contributed by atoms with van der Waals surface area (Å²) >= 11 is 0. The fourth-order valence-electron chi connectivity index (χ4n) is 4.31. The maximum Gasteiger partial charge on any atom is 0.255 e. The van der Waals surface area contributed by atoms with Gasteiger partial charge in [-0.05, 0) is 31.0 Å². The summed E-state index contributed by atoms with van der Waals surface area (Å²) in [5, 5.41) is 15.2. The standard InChI is InChI=1S/C26H30N6O3/c1-34-20-10-6-5-9-19(20)26(33)29-14-17-12-11-16(13-21(17)35-2)23(27)22-24(28)30-15-31-25(22)32-18-7-3-4-8-18/h5-6,9-13,15,18,27H,3-4,7-8,14H2,1-2H3,(H,29,33)(H3,28,30,31,32). The monoisotopic (exact) mass is 474 g/mol. The fourth-order valence-corrected chi connectivity index (χ4v) is 4.31. The summed E-state index contributed by atoms with van der Waals surface area (Å²) in [7, 11) is 3.09. The Balaban J connectivity index is 1.53. The molecule has 35 heavy (non-hydrogen) atoms. The van der Waals surface area contributed by atoms with E-state index in [1.165, 1.54) is 26.3 Å². The topological polar surface area (TPSA) is 135 Å². The molecule has 1 fully saturated rings. The number of nitrogens with two attached hydrogens (primary N) is 1. The van der Waals surface area contributed by atoms with Crippen molar-refractivity contribution in [3.8, 4) is 11.5 Å². The number of anilines is 2. The Bertz CT molecular complexity index is 1220. The molecule has 1 aliphatic rings. The Labute approximate surface area is 204 Å². The summed E-state index contributed by atoms with van der Waals surface area (Å²) in [4.78, 5) is 21.2. The molecule has 1 saturated carbocycles. The summed E-state index contributed by atoms with van der Waals surface area (Å²) in [5.74, 6) is 1.62. The van der Waals surface area contributed by atoms with Gasteiger partial charge in [-0.25, -0.2) is 9.97 Å². The molecule has 5 N–H and O–H groups in total. The number of nitrogen functional groups attached to an aromatic ring is 1. The van der Waals surface area contributed by atoms with Crippen molar-refractivity contribution in [1.29, 1.82) is 5.41 Å². The highest BCUT2D eigenvalue weighted by Crippen LogP contribution is 2.28. The predicted molar refractivity (Wildman–Crippen MR) is 135 cm³/mol. The summed E-state index contributed by atoms with van der Waals surface area (Å²) in [6.45, 7) is 0.249. The Morgan fingerprint density at radius 2 is 1.83 bits per heavy atom. The van der Waals surface area contributed by atoms with Crippen LogP contribution in [0.25, 0.3) is 0 Å². The molecular formula is C26H30N6O3. The molecule has 0 unspecified atom stereocenters. The third kappa shape index (κ3) is 5.34. The second-order valence-electron chi connectivity index (χ2n) is 8.39. The number of amides is 1. The van der Waals surface area contributed by atoms with Gasteiger partial charge < -0.3 is 25.8 Å². The second-order valence-corrected chi connectivity index (χ2v) is 8.39. The number of aromatic nitrogens is 2. The van der Waals surface area contributed by atoms with E-state index in [9.17, 15) is 4.79 Å². The number of carbonyl (C=O) groups is 1. The average molecular weight is 475 g/mol. The molecule has 3 aromatic rings. The number of para-hydroxylation sites is 1. The van der Waals surface area contributed by atoms with Crippen molar-refractivity contribution in [2.75, 3.05) is 25.3 Å². The van der Waals surface area contributed by atoms with E-state index in [4.69, 9.17) is 20.6 Å². The first-order valence-electron chi connectivity index (χ1n) is 11.6. The maximum atomic E-state index is 12.7. The van der Waals surface area contributed by atoms with E-state index in [1.807, 2.05) is 12.1 Å². The molecule has 0 aliphatic heterocycles. The van der Waals surface area contributed by atoms with Crippen molar-refractivity contribution in [1.82, 2.24) is 15.3 Å². The minimum Gasteiger partial charge on any atom is -0.496 e. The van der Waals surface area contributed by atoms with E-state index < -0.39 is 0 Å². The van der Waals surface area contributed by atoms with Crippen LogP contribution in [0, 0.1) is 5.41 Å². The van der Waals surface area contributed by atoms with Crippen LogP contribution in [0.2, 0.25) is 0 Å². The summed E-state index contributed by atoms with van der Waals surface area (Å²) in [6.07, 6.45) is 5.91. The van der Waals surface area contributed by atoms with Gasteiger partial charge in [0.2, 0.25) is 0 Å². The van der Waals surface area contributed by atoms with Crippen molar-refractivity contribution in [2.45, 2.75) is 38.3 Å². The third-order valence-electron chi connectivity index (χ3n) is 6.19. The molecule has 182 valence electrons. The number of hydrogen-bond acceptors (Lipinski definition) is 8. The van der Waals surface area contributed by atoms with Gasteiger partial charge in [-0.3, -0.25) is 10.2 Å². The Morgan fingerprint density at radius 1 is 1.09 bits per heavy atom. The van der Waals surface area contributed by atoms with Crippen molar-refractivity contribution in [3.63, 3.8) is 0 Å². The van der Waals surface area contributed by atoms with E-state index in [0.29, 0.717) is 40.0 Å². The van der Waals surface area contributed by atoms with Gasteiger partial charge in [-0.15, -0.1) is 0 Å². The third-order valence-corrected chi connectivity index (χ3v) is 6.19. The summed E-state index contributed by atoms with van der Waals surface area (Å²) < 4.78 is 10.8. The lowest BCUT2D eigenvalue weighted by Crippen LogP contribution is -2.23. The van der Waals surface area contributed by atoms with Gasteiger partial charge >= 0.3 is 0 Å². The number of ether oxygens (including phenoxy) is 2. The van der Waals surface area contributed by atoms with Crippen molar-refractivity contribution in [2.24, 2.45) is 0 Å². The smallest absolute Gasteiger partial charge is 0.255 e. The lowest BCUT2D eigenvalue weighted by molar-refractivity contribution is 0.0947. The number of nitrogens with one attached hydrogen (secondary N) is 3. The zero-order chi connectivity index (χ0) is 24.8. The van der Waals surface area contributed by atoms with Crippen LogP contribution in [0.3, 0.4) is 0 Å². The fraction of sp³-hybridized carbons (Fsp3) is 0.308. The zero-order valence-electron chi connectivity index (χ0n) is 19.9. The van der Waals surface area contributed by atoms with E-state index in [0.717, 1.165) is 18.4 Å². The highest BCUT2D eigenvalue weighted by atomic mass is 16.5. The minimum atomic E-state index is -0.252. The number of carbonyl (C=O) groups excluding carboxylic acids is 1. The van der Waals surface area contributed by atoms with Crippen LogP contribution in [0.1, 0.15) is 52.7 Å². The van der Waals surface area contributed by atoms with Crippen LogP contribution >= 0.6 is 0 Å². The van der Waals surface area contributed by atoms with E-state index in [-0.39, 0.29) is 24.0 Å². The van der Waals surface area contributed by atoms with Gasteiger partial charge in [0.25, 0.3) is 5.91 Å². The van der Waals surface area contributed by atoms with Crippen molar-refractivity contribution < 1.29 is 14.3 Å². The first kappa shape index (κ1) is 24.0. The molecule has 4 rings (SSSR count). The SMILES string of the molecule is COc1cc(C(=N)c2c(N)ncnc2NC2CCCC2)ccc1CNC(=O)c1ccccc1OC. The quantitative estimate of drug-likeness (QED) is 0.347. The molecule has 9 nitrogen and oxygen atoms in total. The Morgan fingerprint density at radius 3 is 2.57 bits per heavy atom. The Kier molecular flexibility index (Phi) is 7.45. The zero-order valence-corrected chi connectivity index (χ0v) is 19.9. The van der Waals surface area contributed by atoms with Crippen LogP contribution in [0.4, 0.5) is 11.6 Å². The molecule has 0 spiro atoms. The van der Waals surface area contributed by atoms with Gasteiger partial charge in [0.05, 0.1) is 31.1 Å². The second kappa shape index (κ2) is 10.9. The number of hydrogen-bond donors (Lipinski definition) is 4. The van der Waals surface area contributed by atoms with E-state index >= 15 is 0 Å². The molecule has 2 aromatic carbocycles. The molecule has 9 heteroatoms. The molecule has 0 saturated heterocycles. The van der Waals surface area contributed by atoms with Crippen LogP contribution in [0.5, 0.6) is 11.5 Å². The predicted octanol–water partition coefficient (Wildman–Crippen LogP) is 3.78. The minimum absolute atomic E-state index is 0.200. The van der Waals surface area contributed by atoms with Gasteiger partial charge in [0.1, 0.15) is 29.5 Å². The summed E-state index contributed by atoms with van der Waals surface area (Å²) in [6, 6.07) is 12.8. The van der Waals surface area contributed by atoms with Crippen LogP contribution < -0.4 is 25.8 Å². The van der Waals surface area contributed by atoms with Crippen molar-refractivity contribution in [3.05, 3.63) is 71.0 Å². The van der Waals surface area contributed by atoms with Gasteiger partial charge in [-0.1, -0.05) is 37.1 Å². The molecule has 1 heterocycles. The number of nitrogens with zero attached hydrogens (tertiary/aromatic N) is 2. The van der Waals surface area contributed by atoms with E-state index in [1.54, 1.807) is 37.4 Å². The normalized spacial score (nSPS) is 13.3. The molecule has 0 bridgehead atoms. The van der Waals surface area contributed by atoms with Gasteiger partial charge in [-0.2, -0.15) is 0 Å². The number of rotatable bonds is 9. The van der Waals surface area contributed by atoms with Crippen LogP contribution in [-0.4, -0.2) is 41.8 Å². The van der Waals surface area contributed by atoms with Crippen LogP contribution in [0.15, 0.2) is 48.8 Å². The maximum absolute atomic E-state index is 12.7. The first-order valence-corrected chi connectivity index (χ1v) is 11.6. The first-order chi connectivity index (χ1) is 17.0.